The fourth-order valence-electron chi connectivity index (χ4n) is 2.56. The molecule has 0 aromatic carbocycles. The Kier molecular flexibility index (Phi) is 4.99. The molecule has 1 fully saturated rings. The van der Waals surface area contributed by atoms with Crippen LogP contribution < -0.4 is 0 Å². The maximum Gasteiger partial charge on any atom is 0.355 e. The van der Waals surface area contributed by atoms with E-state index in [2.05, 4.69) is 0 Å². The standard InChI is InChI=1S/C14H20ClNO4S/c1-3-10(2)20-14(17)13-8-12(21(15,18)19)9-16(13)11-6-4-5-7-11/h8-11H,3-7H2,1-2H3. The van der Waals surface area contributed by atoms with Crippen molar-refractivity contribution in [1.29, 1.82) is 0 Å². The third-order valence-corrected chi connectivity index (χ3v) is 5.24. The molecule has 0 saturated heterocycles. The van der Waals surface area contributed by atoms with Gasteiger partial charge in [0.15, 0.2) is 0 Å². The Bertz CT molecular complexity index is 617. The van der Waals surface area contributed by atoms with Crippen LogP contribution in [0.4, 0.5) is 0 Å². The predicted molar refractivity (Wildman–Crippen MR) is 80.1 cm³/mol. The predicted octanol–water partition coefficient (Wildman–Crippen LogP) is 3.49. The van der Waals surface area contributed by atoms with Crippen LogP contribution in [-0.4, -0.2) is 25.1 Å². The second-order valence-electron chi connectivity index (χ2n) is 5.47. The fraction of sp³-hybridized carbons (Fsp3) is 0.643. The van der Waals surface area contributed by atoms with Crippen LogP contribution >= 0.6 is 10.7 Å². The van der Waals surface area contributed by atoms with Crippen LogP contribution in [0.1, 0.15) is 62.5 Å². The zero-order valence-corrected chi connectivity index (χ0v) is 13.8. The van der Waals surface area contributed by atoms with E-state index in [1.807, 2.05) is 6.92 Å². The highest BCUT2D eigenvalue weighted by atomic mass is 35.7. The quantitative estimate of drug-likeness (QED) is 0.611. The van der Waals surface area contributed by atoms with Gasteiger partial charge >= 0.3 is 5.97 Å². The second-order valence-corrected chi connectivity index (χ2v) is 8.03. The van der Waals surface area contributed by atoms with Crippen molar-refractivity contribution < 1.29 is 17.9 Å². The van der Waals surface area contributed by atoms with Gasteiger partial charge in [0.2, 0.25) is 0 Å². The molecule has 1 aliphatic carbocycles. The largest absolute Gasteiger partial charge is 0.458 e. The number of nitrogens with zero attached hydrogens (tertiary/aromatic N) is 1. The van der Waals surface area contributed by atoms with Crippen LogP contribution in [0.2, 0.25) is 0 Å². The molecular weight excluding hydrogens is 314 g/mol. The van der Waals surface area contributed by atoms with E-state index >= 15 is 0 Å². The molecule has 0 bridgehead atoms. The summed E-state index contributed by atoms with van der Waals surface area (Å²) < 4.78 is 30.1. The summed E-state index contributed by atoms with van der Waals surface area (Å²) in [5, 5.41) is 0. The summed E-state index contributed by atoms with van der Waals surface area (Å²) in [6.07, 6.45) is 5.96. The van der Waals surface area contributed by atoms with Gasteiger partial charge in [-0.15, -0.1) is 0 Å². The van der Waals surface area contributed by atoms with E-state index in [-0.39, 0.29) is 22.7 Å². The Labute approximate surface area is 129 Å². The van der Waals surface area contributed by atoms with E-state index in [1.54, 1.807) is 11.5 Å². The van der Waals surface area contributed by atoms with Crippen molar-refractivity contribution in [3.8, 4) is 0 Å². The summed E-state index contributed by atoms with van der Waals surface area (Å²) in [6, 6.07) is 1.45. The van der Waals surface area contributed by atoms with Crippen LogP contribution in [-0.2, 0) is 13.8 Å². The summed E-state index contributed by atoms with van der Waals surface area (Å²) in [7, 11) is 1.54. The number of halogens is 1. The number of carbonyl (C=O) groups is 1. The van der Waals surface area contributed by atoms with Crippen molar-refractivity contribution in [3.63, 3.8) is 0 Å². The minimum atomic E-state index is -3.86. The van der Waals surface area contributed by atoms with Gasteiger partial charge in [0, 0.05) is 22.9 Å². The molecule has 1 heterocycles. The van der Waals surface area contributed by atoms with Crippen molar-refractivity contribution in [1.82, 2.24) is 4.57 Å². The topological polar surface area (TPSA) is 65.4 Å². The molecule has 0 radical (unpaired) electrons. The van der Waals surface area contributed by atoms with Crippen LogP contribution in [0.25, 0.3) is 0 Å². The molecule has 1 atom stereocenters. The van der Waals surface area contributed by atoms with Gasteiger partial charge in [-0.3, -0.25) is 0 Å². The van der Waals surface area contributed by atoms with Crippen LogP contribution in [0.5, 0.6) is 0 Å². The number of hydrogen-bond acceptors (Lipinski definition) is 4. The lowest BCUT2D eigenvalue weighted by molar-refractivity contribution is 0.0319. The van der Waals surface area contributed by atoms with Gasteiger partial charge in [-0.05, 0) is 32.3 Å². The molecule has 1 aliphatic rings. The molecule has 1 aromatic rings. The summed E-state index contributed by atoms with van der Waals surface area (Å²) in [5.74, 6) is -0.497. The van der Waals surface area contributed by atoms with E-state index in [1.165, 1.54) is 12.3 Å². The SMILES string of the molecule is CCC(C)OC(=O)c1cc(S(=O)(=O)Cl)cn1C1CCCC1. The van der Waals surface area contributed by atoms with Gasteiger partial charge in [-0.1, -0.05) is 19.8 Å². The molecule has 0 aliphatic heterocycles. The van der Waals surface area contributed by atoms with Crippen LogP contribution in [0.3, 0.4) is 0 Å². The molecule has 0 amide bonds. The molecule has 1 unspecified atom stereocenters. The zero-order chi connectivity index (χ0) is 15.6. The molecule has 1 saturated carbocycles. The van der Waals surface area contributed by atoms with Crippen LogP contribution in [0.15, 0.2) is 17.2 Å². The molecule has 1 aromatic heterocycles. The lowest BCUT2D eigenvalue weighted by Gasteiger charge is -2.17. The second kappa shape index (κ2) is 6.40. The minimum Gasteiger partial charge on any atom is -0.458 e. The van der Waals surface area contributed by atoms with Gasteiger partial charge in [0.05, 0.1) is 6.10 Å². The van der Waals surface area contributed by atoms with E-state index in [0.29, 0.717) is 6.42 Å². The van der Waals surface area contributed by atoms with Gasteiger partial charge < -0.3 is 9.30 Å². The first-order chi connectivity index (χ1) is 9.82. The maximum atomic E-state index is 12.3. The first kappa shape index (κ1) is 16.4. The number of hydrogen-bond donors (Lipinski definition) is 0. The summed E-state index contributed by atoms with van der Waals surface area (Å²) in [6.45, 7) is 3.72. The third-order valence-electron chi connectivity index (χ3n) is 3.92. The van der Waals surface area contributed by atoms with Gasteiger partial charge in [0.25, 0.3) is 9.05 Å². The highest BCUT2D eigenvalue weighted by Gasteiger charge is 2.27. The number of carbonyl (C=O) groups excluding carboxylic acids is 1. The highest BCUT2D eigenvalue weighted by Crippen LogP contribution is 2.33. The summed E-state index contributed by atoms with van der Waals surface area (Å²) >= 11 is 0. The number of aromatic nitrogens is 1. The molecule has 7 heteroatoms. The van der Waals surface area contributed by atoms with E-state index in [4.69, 9.17) is 15.4 Å². The van der Waals surface area contributed by atoms with Crippen molar-refractivity contribution >= 4 is 25.7 Å². The lowest BCUT2D eigenvalue weighted by Crippen LogP contribution is -2.19. The Hall–Kier alpha value is -1.01. The van der Waals surface area contributed by atoms with Gasteiger partial charge in [-0.25, -0.2) is 13.2 Å². The average Bonchev–Trinajstić information content (AvgIpc) is 3.06. The van der Waals surface area contributed by atoms with Gasteiger partial charge in [0.1, 0.15) is 10.6 Å². The van der Waals surface area contributed by atoms with E-state index < -0.39 is 15.0 Å². The first-order valence-corrected chi connectivity index (χ1v) is 9.51. The molecule has 0 spiro atoms. The van der Waals surface area contributed by atoms with Crippen LogP contribution in [0, 0.1) is 0 Å². The molecule has 118 valence electrons. The number of esters is 1. The summed E-state index contributed by atoms with van der Waals surface area (Å²) in [5.41, 5.74) is 0.265. The monoisotopic (exact) mass is 333 g/mol. The minimum absolute atomic E-state index is 0.0489. The zero-order valence-electron chi connectivity index (χ0n) is 12.2. The van der Waals surface area contributed by atoms with Crippen molar-refractivity contribution in [2.75, 3.05) is 0 Å². The molecular formula is C14H20ClNO4S. The Balaban J connectivity index is 2.37. The molecule has 5 nitrogen and oxygen atoms in total. The van der Waals surface area contributed by atoms with Crippen molar-refractivity contribution in [3.05, 3.63) is 18.0 Å². The fourth-order valence-corrected chi connectivity index (χ4v) is 3.31. The smallest absolute Gasteiger partial charge is 0.355 e. The number of ether oxygens (including phenoxy) is 1. The first-order valence-electron chi connectivity index (χ1n) is 7.20. The maximum absolute atomic E-state index is 12.3. The van der Waals surface area contributed by atoms with Gasteiger partial charge in [-0.2, -0.15) is 0 Å². The van der Waals surface area contributed by atoms with E-state index in [0.717, 1.165) is 25.7 Å². The van der Waals surface area contributed by atoms with Crippen molar-refractivity contribution in [2.24, 2.45) is 0 Å². The Morgan fingerprint density at radius 3 is 2.62 bits per heavy atom. The van der Waals surface area contributed by atoms with E-state index in [9.17, 15) is 13.2 Å². The normalized spacial score (nSPS) is 17.9. The average molecular weight is 334 g/mol. The molecule has 0 N–H and O–H groups in total. The molecule has 2 rings (SSSR count). The third kappa shape index (κ3) is 3.80. The number of rotatable bonds is 5. The highest BCUT2D eigenvalue weighted by molar-refractivity contribution is 8.13. The summed E-state index contributed by atoms with van der Waals surface area (Å²) in [4.78, 5) is 12.2. The van der Waals surface area contributed by atoms with Crippen molar-refractivity contribution in [2.45, 2.75) is 63.0 Å². The lowest BCUT2D eigenvalue weighted by atomic mass is 10.2. The molecule has 21 heavy (non-hydrogen) atoms. The Morgan fingerprint density at radius 1 is 1.48 bits per heavy atom. The Morgan fingerprint density at radius 2 is 2.10 bits per heavy atom.